The zero-order valence-electron chi connectivity index (χ0n) is 23.8. The molecule has 0 fully saturated rings. The van der Waals surface area contributed by atoms with Gasteiger partial charge in [-0.1, -0.05) is 121 Å². The zero-order chi connectivity index (χ0) is 29.0. The first-order chi connectivity index (χ1) is 21.8. The predicted octanol–water partition coefficient (Wildman–Crippen LogP) is 10.0. The van der Waals surface area contributed by atoms with Crippen molar-refractivity contribution in [3.63, 3.8) is 0 Å². The molecule has 0 unspecified atom stereocenters. The molecule has 9 aromatic rings. The van der Waals surface area contributed by atoms with Gasteiger partial charge in [0.1, 0.15) is 0 Å². The van der Waals surface area contributed by atoms with Crippen molar-refractivity contribution < 1.29 is 0 Å². The molecule has 0 aliphatic heterocycles. The fourth-order valence-electron chi connectivity index (χ4n) is 6.55. The summed E-state index contributed by atoms with van der Waals surface area (Å²) in [6.45, 7) is 0. The minimum Gasteiger partial charge on any atom is -0.316 e. The SMILES string of the molecule is c1ccc(-c2cc(-c3ccccc3)nc(-n3c4c5ccccc5ccc4c4ccc5c(ccn5-c5ccccc5)c43)n2)cc1. The van der Waals surface area contributed by atoms with Gasteiger partial charge in [0.05, 0.1) is 27.9 Å². The van der Waals surface area contributed by atoms with Crippen molar-refractivity contribution in [3.05, 3.63) is 158 Å². The summed E-state index contributed by atoms with van der Waals surface area (Å²) < 4.78 is 4.55. The summed E-state index contributed by atoms with van der Waals surface area (Å²) in [5.74, 6) is 0.654. The van der Waals surface area contributed by atoms with E-state index in [0.29, 0.717) is 5.95 Å². The Morgan fingerprint density at radius 2 is 1.00 bits per heavy atom. The van der Waals surface area contributed by atoms with Gasteiger partial charge in [-0.05, 0) is 35.7 Å². The van der Waals surface area contributed by atoms with E-state index < -0.39 is 0 Å². The number of benzene rings is 6. The van der Waals surface area contributed by atoms with Gasteiger partial charge >= 0.3 is 0 Å². The number of aromatic nitrogens is 4. The number of nitrogens with zero attached hydrogens (tertiary/aromatic N) is 4. The summed E-state index contributed by atoms with van der Waals surface area (Å²) in [6, 6.07) is 53.1. The molecule has 3 heterocycles. The van der Waals surface area contributed by atoms with Crippen LogP contribution in [0.25, 0.3) is 77.6 Å². The van der Waals surface area contributed by atoms with Crippen LogP contribution in [0.2, 0.25) is 0 Å². The highest BCUT2D eigenvalue weighted by atomic mass is 15.2. The molecule has 4 nitrogen and oxygen atoms in total. The third kappa shape index (κ3) is 3.78. The Hall–Kier alpha value is -6.00. The molecule has 206 valence electrons. The smallest absolute Gasteiger partial charge is 0.235 e. The summed E-state index contributed by atoms with van der Waals surface area (Å²) >= 11 is 0. The molecule has 0 amide bonds. The van der Waals surface area contributed by atoms with Gasteiger partial charge in [0.25, 0.3) is 0 Å². The van der Waals surface area contributed by atoms with Crippen LogP contribution in [0.15, 0.2) is 158 Å². The molecule has 0 aliphatic rings. The lowest BCUT2D eigenvalue weighted by Crippen LogP contribution is -2.04. The normalized spacial score (nSPS) is 11.6. The minimum absolute atomic E-state index is 0.654. The number of hydrogen-bond donors (Lipinski definition) is 0. The van der Waals surface area contributed by atoms with Crippen molar-refractivity contribution in [2.24, 2.45) is 0 Å². The monoisotopic (exact) mass is 562 g/mol. The van der Waals surface area contributed by atoms with Crippen LogP contribution in [0.1, 0.15) is 0 Å². The maximum Gasteiger partial charge on any atom is 0.235 e. The van der Waals surface area contributed by atoms with Gasteiger partial charge in [-0.2, -0.15) is 0 Å². The quantitative estimate of drug-likeness (QED) is 0.214. The number of rotatable bonds is 4. The first-order valence-corrected chi connectivity index (χ1v) is 14.9. The Balaban J connectivity index is 1.45. The minimum atomic E-state index is 0.654. The van der Waals surface area contributed by atoms with E-state index in [9.17, 15) is 0 Å². The number of para-hydroxylation sites is 1. The lowest BCUT2D eigenvalue weighted by Gasteiger charge is -2.13. The maximum absolute atomic E-state index is 5.30. The summed E-state index contributed by atoms with van der Waals surface area (Å²) in [4.78, 5) is 10.6. The Morgan fingerprint density at radius 1 is 0.432 bits per heavy atom. The van der Waals surface area contributed by atoms with Crippen LogP contribution in [0, 0.1) is 0 Å². The number of hydrogen-bond acceptors (Lipinski definition) is 2. The van der Waals surface area contributed by atoms with Crippen LogP contribution in [-0.2, 0) is 0 Å². The Labute approximate surface area is 254 Å². The average molecular weight is 563 g/mol. The topological polar surface area (TPSA) is 35.6 Å². The van der Waals surface area contributed by atoms with Crippen LogP contribution in [0.3, 0.4) is 0 Å². The molecule has 44 heavy (non-hydrogen) atoms. The molecule has 0 saturated heterocycles. The third-order valence-electron chi connectivity index (χ3n) is 8.57. The molecule has 0 atom stereocenters. The van der Waals surface area contributed by atoms with Gasteiger partial charge in [0.15, 0.2) is 0 Å². The summed E-state index contributed by atoms with van der Waals surface area (Å²) in [7, 11) is 0. The highest BCUT2D eigenvalue weighted by Crippen LogP contribution is 2.40. The molecule has 6 aromatic carbocycles. The van der Waals surface area contributed by atoms with E-state index in [1.54, 1.807) is 0 Å². The zero-order valence-corrected chi connectivity index (χ0v) is 23.8. The van der Waals surface area contributed by atoms with Gasteiger partial charge in [0, 0.05) is 44.6 Å². The lowest BCUT2D eigenvalue weighted by atomic mass is 10.1. The summed E-state index contributed by atoms with van der Waals surface area (Å²) in [6.07, 6.45) is 2.16. The van der Waals surface area contributed by atoms with E-state index in [2.05, 4.69) is 155 Å². The van der Waals surface area contributed by atoms with Gasteiger partial charge < -0.3 is 4.57 Å². The van der Waals surface area contributed by atoms with E-state index in [1.807, 2.05) is 12.1 Å². The molecule has 0 radical (unpaired) electrons. The lowest BCUT2D eigenvalue weighted by molar-refractivity contribution is 1.00. The Bertz CT molecular complexity index is 2420. The molecular weight excluding hydrogens is 536 g/mol. The molecule has 0 N–H and O–H groups in total. The predicted molar refractivity (Wildman–Crippen MR) is 182 cm³/mol. The standard InChI is InChI=1S/C40H26N4/c1-4-13-28(14-5-1)35-26-36(29-15-6-2-7-16-29)42-40(41-35)44-38-31-19-11-10-12-27(31)20-21-32(38)33-22-23-37-34(39(33)44)24-25-43(37)30-17-8-3-9-18-30/h1-26H. The second-order valence-corrected chi connectivity index (χ2v) is 11.1. The molecular formula is C40H26N4. The molecule has 4 heteroatoms. The second-order valence-electron chi connectivity index (χ2n) is 11.1. The first-order valence-electron chi connectivity index (χ1n) is 14.9. The van der Waals surface area contributed by atoms with Crippen molar-refractivity contribution in [1.82, 2.24) is 19.1 Å². The average Bonchev–Trinajstić information content (AvgIpc) is 3.69. The fourth-order valence-corrected chi connectivity index (χ4v) is 6.55. The van der Waals surface area contributed by atoms with Crippen molar-refractivity contribution in [1.29, 1.82) is 0 Å². The molecule has 0 saturated carbocycles. The van der Waals surface area contributed by atoms with E-state index >= 15 is 0 Å². The molecule has 3 aromatic heterocycles. The Morgan fingerprint density at radius 3 is 1.68 bits per heavy atom. The fraction of sp³-hybridized carbons (Fsp3) is 0. The van der Waals surface area contributed by atoms with E-state index in [-0.39, 0.29) is 0 Å². The van der Waals surface area contributed by atoms with Crippen LogP contribution in [-0.4, -0.2) is 19.1 Å². The molecule has 0 bridgehead atoms. The van der Waals surface area contributed by atoms with Crippen LogP contribution in [0.5, 0.6) is 0 Å². The second kappa shape index (κ2) is 9.79. The van der Waals surface area contributed by atoms with Gasteiger partial charge in [-0.15, -0.1) is 0 Å². The van der Waals surface area contributed by atoms with Crippen LogP contribution >= 0.6 is 0 Å². The summed E-state index contributed by atoms with van der Waals surface area (Å²) in [5, 5.41) is 5.88. The molecule has 0 spiro atoms. The van der Waals surface area contributed by atoms with Crippen LogP contribution in [0.4, 0.5) is 0 Å². The van der Waals surface area contributed by atoms with Crippen molar-refractivity contribution in [2.75, 3.05) is 0 Å². The van der Waals surface area contributed by atoms with Gasteiger partial charge in [-0.25, -0.2) is 9.97 Å². The van der Waals surface area contributed by atoms with Gasteiger partial charge in [0.2, 0.25) is 5.95 Å². The number of fused-ring (bicyclic) bond motifs is 7. The first kappa shape index (κ1) is 24.6. The third-order valence-corrected chi connectivity index (χ3v) is 8.57. The van der Waals surface area contributed by atoms with Crippen molar-refractivity contribution in [3.8, 4) is 34.2 Å². The highest BCUT2D eigenvalue weighted by Gasteiger charge is 2.21. The molecule has 0 aliphatic carbocycles. The highest BCUT2D eigenvalue weighted by molar-refractivity contribution is 6.23. The molecule has 9 rings (SSSR count). The van der Waals surface area contributed by atoms with E-state index in [0.717, 1.165) is 50.1 Å². The van der Waals surface area contributed by atoms with E-state index in [1.165, 1.54) is 21.5 Å². The maximum atomic E-state index is 5.30. The van der Waals surface area contributed by atoms with Crippen LogP contribution < -0.4 is 0 Å². The van der Waals surface area contributed by atoms with Gasteiger partial charge in [-0.3, -0.25) is 4.57 Å². The summed E-state index contributed by atoms with van der Waals surface area (Å²) in [5.41, 5.74) is 8.37. The van der Waals surface area contributed by atoms with Crippen molar-refractivity contribution in [2.45, 2.75) is 0 Å². The van der Waals surface area contributed by atoms with E-state index in [4.69, 9.17) is 9.97 Å². The van der Waals surface area contributed by atoms with Crippen molar-refractivity contribution >= 4 is 43.5 Å². The largest absolute Gasteiger partial charge is 0.316 e. The Kier molecular flexibility index (Phi) is 5.47.